The Balaban J connectivity index is 2.20. The second-order valence-corrected chi connectivity index (χ2v) is 7.41. The molecule has 25 heavy (non-hydrogen) atoms. The summed E-state index contributed by atoms with van der Waals surface area (Å²) in [6.07, 6.45) is 2.25. The van der Waals surface area contributed by atoms with E-state index in [4.69, 9.17) is 0 Å². The number of aryl methyl sites for hydroxylation is 4. The summed E-state index contributed by atoms with van der Waals surface area (Å²) in [5.74, 6) is 0.528. The molecule has 0 atom stereocenters. The Morgan fingerprint density at radius 2 is 1.44 bits per heavy atom. The Kier molecular flexibility index (Phi) is 4.76. The molecule has 2 aromatic carbocycles. The predicted molar refractivity (Wildman–Crippen MR) is 107 cm³/mol. The number of hydrogen-bond donors (Lipinski definition) is 0. The maximum Gasteiger partial charge on any atom is 0.212 e. The molecule has 0 aliphatic rings. The van der Waals surface area contributed by atoms with Crippen molar-refractivity contribution in [1.29, 1.82) is 0 Å². The second-order valence-electron chi connectivity index (χ2n) is 7.41. The van der Waals surface area contributed by atoms with Crippen LogP contribution in [0.5, 0.6) is 0 Å². The Morgan fingerprint density at radius 3 is 2.12 bits per heavy atom. The fourth-order valence-corrected chi connectivity index (χ4v) is 3.65. The van der Waals surface area contributed by atoms with Crippen LogP contribution in [0.4, 0.5) is 0 Å². The van der Waals surface area contributed by atoms with Gasteiger partial charge in [0.25, 0.3) is 0 Å². The zero-order valence-corrected chi connectivity index (χ0v) is 16.2. The van der Waals surface area contributed by atoms with Crippen LogP contribution in [0.25, 0.3) is 22.4 Å². The highest BCUT2D eigenvalue weighted by Gasteiger charge is 2.18. The number of aromatic nitrogens is 1. The molecule has 0 saturated heterocycles. The molecule has 0 aliphatic heterocycles. The average Bonchev–Trinajstić information content (AvgIpc) is 2.56. The highest BCUT2D eigenvalue weighted by atomic mass is 14.9. The van der Waals surface area contributed by atoms with Gasteiger partial charge in [0, 0.05) is 17.2 Å². The number of nitrogens with zero attached hydrogens (tertiary/aromatic N) is 1. The van der Waals surface area contributed by atoms with E-state index < -0.39 is 0 Å². The van der Waals surface area contributed by atoms with Gasteiger partial charge in [0.1, 0.15) is 7.05 Å². The molecule has 0 radical (unpaired) electrons. The Labute approximate surface area is 152 Å². The lowest BCUT2D eigenvalue weighted by Gasteiger charge is -2.13. The maximum atomic E-state index is 2.37. The molecule has 0 bridgehead atoms. The quantitative estimate of drug-likeness (QED) is 0.527. The molecular formula is C24H28N+. The van der Waals surface area contributed by atoms with E-state index in [1.54, 1.807) is 0 Å². The fraction of sp³-hybridized carbons (Fsp3) is 0.292. The predicted octanol–water partition coefficient (Wildman–Crippen LogP) is 5.89. The first-order valence-electron chi connectivity index (χ1n) is 9.05. The summed E-state index contributed by atoms with van der Waals surface area (Å²) in [7, 11) is 2.15. The van der Waals surface area contributed by atoms with Gasteiger partial charge in [0.2, 0.25) is 5.69 Å². The molecule has 128 valence electrons. The van der Waals surface area contributed by atoms with Crippen molar-refractivity contribution in [2.75, 3.05) is 0 Å². The summed E-state index contributed by atoms with van der Waals surface area (Å²) < 4.78 is 2.26. The molecule has 1 aromatic heterocycles. The van der Waals surface area contributed by atoms with E-state index in [0.717, 1.165) is 0 Å². The van der Waals surface area contributed by atoms with Crippen LogP contribution in [0.15, 0.2) is 54.7 Å². The van der Waals surface area contributed by atoms with Crippen LogP contribution >= 0.6 is 0 Å². The SMILES string of the molecule is Cc1ccccc1-c1ccc(C)c(-c2cc(C(C)C)c(C)c[n+]2C)c1. The van der Waals surface area contributed by atoms with E-state index in [0.29, 0.717) is 5.92 Å². The summed E-state index contributed by atoms with van der Waals surface area (Å²) in [4.78, 5) is 0. The molecule has 0 spiro atoms. The van der Waals surface area contributed by atoms with Crippen LogP contribution in [0, 0.1) is 20.8 Å². The lowest BCUT2D eigenvalue weighted by Crippen LogP contribution is -2.32. The number of rotatable bonds is 3. The third kappa shape index (κ3) is 3.37. The van der Waals surface area contributed by atoms with E-state index in [1.807, 2.05) is 0 Å². The van der Waals surface area contributed by atoms with Gasteiger partial charge >= 0.3 is 0 Å². The van der Waals surface area contributed by atoms with Crippen LogP contribution in [-0.4, -0.2) is 0 Å². The van der Waals surface area contributed by atoms with E-state index in [2.05, 4.69) is 101 Å². The van der Waals surface area contributed by atoms with Gasteiger partial charge in [-0.25, -0.2) is 4.57 Å². The van der Waals surface area contributed by atoms with Gasteiger partial charge in [-0.1, -0.05) is 50.2 Å². The zero-order valence-electron chi connectivity index (χ0n) is 16.2. The molecule has 0 amide bonds. The van der Waals surface area contributed by atoms with Crippen LogP contribution in [-0.2, 0) is 7.05 Å². The highest BCUT2D eigenvalue weighted by molar-refractivity contribution is 5.74. The summed E-state index contributed by atoms with van der Waals surface area (Å²) in [6, 6.07) is 17.8. The standard InChI is InChI=1S/C24H28N/c1-16(2)22-14-24(25(6)15-19(22)5)23-13-20(12-11-18(23)4)21-10-8-7-9-17(21)3/h7-16H,1-6H3/q+1. The van der Waals surface area contributed by atoms with Gasteiger partial charge in [-0.05, 0) is 60.6 Å². The monoisotopic (exact) mass is 330 g/mol. The minimum absolute atomic E-state index is 0.528. The third-order valence-corrected chi connectivity index (χ3v) is 5.11. The minimum atomic E-state index is 0.528. The van der Waals surface area contributed by atoms with Crippen LogP contribution in [0.3, 0.4) is 0 Å². The van der Waals surface area contributed by atoms with E-state index in [-0.39, 0.29) is 0 Å². The average molecular weight is 330 g/mol. The van der Waals surface area contributed by atoms with Gasteiger partial charge in [-0.2, -0.15) is 0 Å². The first-order valence-corrected chi connectivity index (χ1v) is 9.05. The van der Waals surface area contributed by atoms with Gasteiger partial charge in [-0.15, -0.1) is 0 Å². The van der Waals surface area contributed by atoms with Crippen molar-refractivity contribution >= 4 is 0 Å². The first kappa shape index (κ1) is 17.4. The molecule has 0 aliphatic carbocycles. The molecule has 0 unspecified atom stereocenters. The van der Waals surface area contributed by atoms with E-state index in [9.17, 15) is 0 Å². The van der Waals surface area contributed by atoms with Crippen molar-refractivity contribution in [3.8, 4) is 22.4 Å². The lowest BCUT2D eigenvalue weighted by molar-refractivity contribution is -0.660. The van der Waals surface area contributed by atoms with Gasteiger partial charge in [0.15, 0.2) is 6.20 Å². The van der Waals surface area contributed by atoms with E-state index in [1.165, 1.54) is 44.6 Å². The molecule has 1 nitrogen and oxygen atoms in total. The fourth-order valence-electron chi connectivity index (χ4n) is 3.65. The third-order valence-electron chi connectivity index (χ3n) is 5.11. The Morgan fingerprint density at radius 1 is 0.760 bits per heavy atom. The summed E-state index contributed by atoms with van der Waals surface area (Å²) in [5, 5.41) is 0. The second kappa shape index (κ2) is 6.84. The molecule has 1 heterocycles. The number of benzene rings is 2. The van der Waals surface area contributed by atoms with Crippen molar-refractivity contribution < 1.29 is 4.57 Å². The van der Waals surface area contributed by atoms with Crippen LogP contribution in [0.1, 0.15) is 42.0 Å². The largest absolute Gasteiger partial charge is 0.212 e. The Hall–Kier alpha value is -2.41. The van der Waals surface area contributed by atoms with Crippen molar-refractivity contribution in [2.24, 2.45) is 7.05 Å². The minimum Gasteiger partial charge on any atom is -0.201 e. The van der Waals surface area contributed by atoms with Crippen LogP contribution in [0.2, 0.25) is 0 Å². The summed E-state index contributed by atoms with van der Waals surface area (Å²) >= 11 is 0. The maximum absolute atomic E-state index is 2.37. The molecule has 0 N–H and O–H groups in total. The number of pyridine rings is 1. The van der Waals surface area contributed by atoms with Crippen LogP contribution < -0.4 is 4.57 Å². The number of hydrogen-bond acceptors (Lipinski definition) is 0. The highest BCUT2D eigenvalue weighted by Crippen LogP contribution is 2.31. The molecular weight excluding hydrogens is 302 g/mol. The topological polar surface area (TPSA) is 3.88 Å². The van der Waals surface area contributed by atoms with Gasteiger partial charge in [-0.3, -0.25) is 0 Å². The van der Waals surface area contributed by atoms with Crippen molar-refractivity contribution in [3.63, 3.8) is 0 Å². The first-order chi connectivity index (χ1) is 11.9. The Bertz CT molecular complexity index is 919. The van der Waals surface area contributed by atoms with Crippen molar-refractivity contribution in [2.45, 2.75) is 40.5 Å². The summed E-state index contributed by atoms with van der Waals surface area (Å²) in [6.45, 7) is 11.1. The normalized spacial score (nSPS) is 11.2. The summed E-state index contributed by atoms with van der Waals surface area (Å²) in [5.41, 5.74) is 10.6. The lowest BCUT2D eigenvalue weighted by atomic mass is 9.92. The van der Waals surface area contributed by atoms with Crippen molar-refractivity contribution in [1.82, 2.24) is 0 Å². The molecule has 3 rings (SSSR count). The van der Waals surface area contributed by atoms with Gasteiger partial charge < -0.3 is 0 Å². The molecule has 1 heteroatoms. The zero-order chi connectivity index (χ0) is 18.1. The molecule has 0 fully saturated rings. The van der Waals surface area contributed by atoms with Gasteiger partial charge in [0.05, 0.1) is 0 Å². The van der Waals surface area contributed by atoms with E-state index >= 15 is 0 Å². The van der Waals surface area contributed by atoms with Crippen molar-refractivity contribution in [3.05, 3.63) is 77.0 Å². The molecule has 0 saturated carbocycles. The molecule has 3 aromatic rings. The smallest absolute Gasteiger partial charge is 0.201 e.